The van der Waals surface area contributed by atoms with E-state index < -0.39 is 29.1 Å². The molecule has 0 aliphatic rings. The normalized spacial score (nSPS) is 11.3. The number of imide groups is 1. The number of anilines is 1. The molecule has 9 heteroatoms. The van der Waals surface area contributed by atoms with Crippen molar-refractivity contribution >= 4 is 34.4 Å². The van der Waals surface area contributed by atoms with Gasteiger partial charge < -0.3 is 10.2 Å². The summed E-state index contributed by atoms with van der Waals surface area (Å²) in [4.78, 5) is 29.3. The van der Waals surface area contributed by atoms with Crippen LogP contribution in [0.2, 0.25) is 0 Å². The Kier molecular flexibility index (Phi) is 8.79. The van der Waals surface area contributed by atoms with Crippen LogP contribution < -0.4 is 10.6 Å². The van der Waals surface area contributed by atoms with E-state index in [9.17, 15) is 18.4 Å². The Labute approximate surface area is 178 Å². The molecule has 0 aromatic heterocycles. The number of hydrogen-bond donors (Lipinski definition) is 2. The Morgan fingerprint density at radius 2 is 1.73 bits per heavy atom. The van der Waals surface area contributed by atoms with Gasteiger partial charge in [0.25, 0.3) is 5.91 Å². The number of carbonyl (C=O) groups is 2. The van der Waals surface area contributed by atoms with Gasteiger partial charge in [0, 0.05) is 11.6 Å². The number of hydrogen-bond acceptors (Lipinski definition) is 5. The van der Waals surface area contributed by atoms with Crippen molar-refractivity contribution < 1.29 is 23.2 Å². The third-order valence-electron chi connectivity index (χ3n) is 3.80. The van der Waals surface area contributed by atoms with Gasteiger partial charge in [0.05, 0.1) is 0 Å². The van der Waals surface area contributed by atoms with Gasteiger partial charge in [0.2, 0.25) is 0 Å². The summed E-state index contributed by atoms with van der Waals surface area (Å²) in [5.41, 5.74) is 0.410. The maximum absolute atomic E-state index is 13.6. The van der Waals surface area contributed by atoms with Gasteiger partial charge in [-0.1, -0.05) is 44.1 Å². The molecule has 0 saturated carbocycles. The van der Waals surface area contributed by atoms with Gasteiger partial charge in [-0.05, 0) is 35.6 Å². The molecule has 0 aliphatic carbocycles. The van der Waals surface area contributed by atoms with Crippen LogP contribution in [0.15, 0.2) is 47.6 Å². The number of carbonyl (C=O) groups excluding carboxylic acids is 2. The van der Waals surface area contributed by atoms with E-state index in [0.717, 1.165) is 34.6 Å². The van der Waals surface area contributed by atoms with Crippen LogP contribution in [0.1, 0.15) is 36.7 Å². The van der Waals surface area contributed by atoms with E-state index in [1.807, 2.05) is 26.1 Å². The van der Waals surface area contributed by atoms with Crippen molar-refractivity contribution in [2.45, 2.75) is 27.4 Å². The molecular formula is C21H23F2N3O3S. The number of amides is 3. The quantitative estimate of drug-likeness (QED) is 0.357. The standard InChI is InChI=1S/C21H23F2N3O3S/c1-4-30-20(13(2)3)26-29-12-14-8-10-15(11-9-14)24-21(28)25-19(27)18-16(22)6-5-7-17(18)23/h5-11,13H,4,12H2,1-3H3,(H2,24,25,27,28)/b26-20+. The second-order valence-electron chi connectivity index (χ2n) is 6.49. The average Bonchev–Trinajstić information content (AvgIpc) is 2.68. The van der Waals surface area contributed by atoms with Crippen LogP contribution in [0, 0.1) is 17.6 Å². The van der Waals surface area contributed by atoms with Crippen molar-refractivity contribution in [1.82, 2.24) is 5.32 Å². The molecule has 6 nitrogen and oxygen atoms in total. The Morgan fingerprint density at radius 1 is 1.10 bits per heavy atom. The van der Waals surface area contributed by atoms with Crippen LogP contribution in [-0.4, -0.2) is 22.7 Å². The second kappa shape index (κ2) is 11.3. The molecule has 0 aliphatic heterocycles. The zero-order valence-electron chi connectivity index (χ0n) is 16.9. The minimum absolute atomic E-state index is 0.262. The number of urea groups is 1. The molecule has 0 fully saturated rings. The van der Waals surface area contributed by atoms with E-state index in [2.05, 4.69) is 10.5 Å². The first-order valence-corrected chi connectivity index (χ1v) is 10.3. The lowest BCUT2D eigenvalue weighted by Gasteiger charge is -2.09. The van der Waals surface area contributed by atoms with E-state index in [1.54, 1.807) is 36.0 Å². The van der Waals surface area contributed by atoms with Crippen molar-refractivity contribution in [2.75, 3.05) is 11.1 Å². The predicted octanol–water partition coefficient (Wildman–Crippen LogP) is 5.17. The van der Waals surface area contributed by atoms with E-state index in [1.165, 1.54) is 0 Å². The fourth-order valence-electron chi connectivity index (χ4n) is 2.34. The summed E-state index contributed by atoms with van der Waals surface area (Å²) in [6.07, 6.45) is 0. The van der Waals surface area contributed by atoms with Gasteiger partial charge in [0.1, 0.15) is 28.8 Å². The first-order valence-electron chi connectivity index (χ1n) is 9.29. The number of rotatable bonds is 7. The average molecular weight is 435 g/mol. The van der Waals surface area contributed by atoms with Crippen LogP contribution in [0.4, 0.5) is 19.3 Å². The minimum atomic E-state index is -1.17. The van der Waals surface area contributed by atoms with Crippen molar-refractivity contribution in [3.63, 3.8) is 0 Å². The topological polar surface area (TPSA) is 79.8 Å². The number of nitrogens with one attached hydrogen (secondary N) is 2. The molecule has 0 radical (unpaired) electrons. The Hall–Kier alpha value is -2.94. The van der Waals surface area contributed by atoms with Gasteiger partial charge in [-0.25, -0.2) is 13.6 Å². The second-order valence-corrected chi connectivity index (χ2v) is 7.78. The smallest absolute Gasteiger partial charge is 0.326 e. The minimum Gasteiger partial charge on any atom is -0.390 e. The maximum Gasteiger partial charge on any atom is 0.326 e. The van der Waals surface area contributed by atoms with Crippen LogP contribution in [0.3, 0.4) is 0 Å². The summed E-state index contributed by atoms with van der Waals surface area (Å²) in [7, 11) is 0. The predicted molar refractivity (Wildman–Crippen MR) is 114 cm³/mol. The van der Waals surface area contributed by atoms with E-state index in [0.29, 0.717) is 5.69 Å². The molecule has 2 rings (SSSR count). The Morgan fingerprint density at radius 3 is 2.30 bits per heavy atom. The maximum atomic E-state index is 13.6. The van der Waals surface area contributed by atoms with Gasteiger partial charge in [0.15, 0.2) is 0 Å². The fraction of sp³-hybridized carbons (Fsp3) is 0.286. The van der Waals surface area contributed by atoms with E-state index in [4.69, 9.17) is 4.84 Å². The van der Waals surface area contributed by atoms with Gasteiger partial charge in [-0.2, -0.15) is 0 Å². The monoisotopic (exact) mass is 435 g/mol. The van der Waals surface area contributed by atoms with Crippen LogP contribution in [0.25, 0.3) is 0 Å². The zero-order valence-corrected chi connectivity index (χ0v) is 17.7. The summed E-state index contributed by atoms with van der Waals surface area (Å²) in [5.74, 6) is -2.08. The van der Waals surface area contributed by atoms with Gasteiger partial charge in [-0.15, -0.1) is 11.8 Å². The van der Waals surface area contributed by atoms with E-state index >= 15 is 0 Å². The summed E-state index contributed by atoms with van der Waals surface area (Å²) in [6, 6.07) is 8.77. The highest BCUT2D eigenvalue weighted by Gasteiger charge is 2.19. The fourth-order valence-corrected chi connectivity index (χ4v) is 3.08. The molecule has 0 unspecified atom stereocenters. The largest absolute Gasteiger partial charge is 0.390 e. The molecule has 3 amide bonds. The van der Waals surface area contributed by atoms with Crippen LogP contribution >= 0.6 is 11.8 Å². The number of halogens is 2. The molecule has 2 N–H and O–H groups in total. The summed E-state index contributed by atoms with van der Waals surface area (Å²) in [6.45, 7) is 6.40. The van der Waals surface area contributed by atoms with Gasteiger partial charge in [-0.3, -0.25) is 10.1 Å². The molecule has 0 atom stereocenters. The van der Waals surface area contributed by atoms with E-state index in [-0.39, 0.29) is 12.5 Å². The molecule has 160 valence electrons. The zero-order chi connectivity index (χ0) is 22.1. The first-order chi connectivity index (χ1) is 14.3. The third-order valence-corrected chi connectivity index (χ3v) is 4.93. The first kappa shape index (κ1) is 23.3. The lowest BCUT2D eigenvalue weighted by atomic mass is 10.2. The summed E-state index contributed by atoms with van der Waals surface area (Å²) in [5, 5.41) is 9.40. The number of benzene rings is 2. The number of thioether (sulfide) groups is 1. The molecule has 30 heavy (non-hydrogen) atoms. The number of oxime groups is 1. The molecule has 0 saturated heterocycles. The van der Waals surface area contributed by atoms with Crippen molar-refractivity contribution in [1.29, 1.82) is 0 Å². The lowest BCUT2D eigenvalue weighted by Crippen LogP contribution is -2.35. The molecule has 2 aromatic rings. The highest BCUT2D eigenvalue weighted by atomic mass is 32.2. The van der Waals surface area contributed by atoms with Gasteiger partial charge >= 0.3 is 6.03 Å². The Balaban J connectivity index is 1.90. The molecular weight excluding hydrogens is 412 g/mol. The highest BCUT2D eigenvalue weighted by Crippen LogP contribution is 2.15. The Bertz CT molecular complexity index is 898. The summed E-state index contributed by atoms with van der Waals surface area (Å²) < 4.78 is 27.2. The number of nitrogens with zero attached hydrogens (tertiary/aromatic N) is 1. The van der Waals surface area contributed by atoms with Crippen molar-refractivity contribution in [3.8, 4) is 0 Å². The van der Waals surface area contributed by atoms with Crippen LogP contribution in [0.5, 0.6) is 0 Å². The molecule has 0 bridgehead atoms. The summed E-state index contributed by atoms with van der Waals surface area (Å²) >= 11 is 1.63. The SMILES string of the molecule is CCS/C(=N/OCc1ccc(NC(=O)NC(=O)c2c(F)cccc2F)cc1)C(C)C. The molecule has 0 spiro atoms. The highest BCUT2D eigenvalue weighted by molar-refractivity contribution is 8.13. The molecule has 2 aromatic carbocycles. The van der Waals surface area contributed by atoms with Crippen molar-refractivity contribution in [3.05, 3.63) is 65.2 Å². The molecule has 0 heterocycles. The van der Waals surface area contributed by atoms with Crippen molar-refractivity contribution in [2.24, 2.45) is 11.1 Å². The van der Waals surface area contributed by atoms with Crippen LogP contribution in [-0.2, 0) is 11.4 Å². The lowest BCUT2D eigenvalue weighted by molar-refractivity contribution is 0.0959. The third kappa shape index (κ3) is 6.84.